The highest BCUT2D eigenvalue weighted by Gasteiger charge is 2.08. The fourth-order valence-electron chi connectivity index (χ4n) is 2.10. The van der Waals surface area contributed by atoms with Gasteiger partial charge in [-0.2, -0.15) is 0 Å². The average molecular weight is 244 g/mol. The first-order chi connectivity index (χ1) is 8.81. The third-order valence-corrected chi connectivity index (χ3v) is 3.00. The molecule has 0 fully saturated rings. The topological polar surface area (TPSA) is 45.1 Å². The lowest BCUT2D eigenvalue weighted by Gasteiger charge is -2.13. The summed E-state index contributed by atoms with van der Waals surface area (Å²) in [6.07, 6.45) is 3.22. The molecule has 3 nitrogen and oxygen atoms in total. The molecule has 0 aliphatic heterocycles. The molecule has 96 valence electrons. The molecule has 2 rings (SSSR count). The summed E-state index contributed by atoms with van der Waals surface area (Å²) in [7, 11) is 0. The van der Waals surface area contributed by atoms with Crippen LogP contribution in [0, 0.1) is 0 Å². The molecule has 1 aromatic carbocycles. The van der Waals surface area contributed by atoms with E-state index in [1.165, 1.54) is 0 Å². The Bertz CT molecular complexity index is 493. The zero-order valence-electron chi connectivity index (χ0n) is 10.8. The fourth-order valence-corrected chi connectivity index (χ4v) is 2.10. The van der Waals surface area contributed by atoms with Crippen molar-refractivity contribution in [2.24, 2.45) is 0 Å². The molecule has 0 saturated carbocycles. The Balaban J connectivity index is 2.07. The van der Waals surface area contributed by atoms with Gasteiger partial charge in [-0.05, 0) is 30.7 Å². The van der Waals surface area contributed by atoms with E-state index >= 15 is 0 Å². The molecule has 0 spiro atoms. The number of rotatable bonds is 6. The van der Waals surface area contributed by atoms with E-state index in [1.807, 2.05) is 30.5 Å². The van der Waals surface area contributed by atoms with Gasteiger partial charge in [-0.1, -0.05) is 25.1 Å². The fraction of sp³-hybridized carbons (Fsp3) is 0.400. The highest BCUT2D eigenvalue weighted by Crippen LogP contribution is 2.17. The molecular formula is C15H20N2O. The van der Waals surface area contributed by atoms with E-state index in [-0.39, 0.29) is 6.10 Å². The van der Waals surface area contributed by atoms with Crippen LogP contribution in [0.4, 0.5) is 0 Å². The maximum Gasteiger partial charge on any atom is 0.0705 e. The summed E-state index contributed by atoms with van der Waals surface area (Å²) in [5.74, 6) is 0. The van der Waals surface area contributed by atoms with Crippen molar-refractivity contribution in [1.82, 2.24) is 10.3 Å². The number of aliphatic hydroxyl groups excluding tert-OH is 1. The molecule has 0 aliphatic carbocycles. The molecule has 3 heteroatoms. The summed E-state index contributed by atoms with van der Waals surface area (Å²) >= 11 is 0. The van der Waals surface area contributed by atoms with Gasteiger partial charge >= 0.3 is 0 Å². The van der Waals surface area contributed by atoms with Crippen LogP contribution in [0.2, 0.25) is 0 Å². The third-order valence-electron chi connectivity index (χ3n) is 3.00. The quantitative estimate of drug-likeness (QED) is 0.765. The van der Waals surface area contributed by atoms with Crippen LogP contribution < -0.4 is 5.32 Å². The van der Waals surface area contributed by atoms with Gasteiger partial charge in [0, 0.05) is 24.5 Å². The van der Waals surface area contributed by atoms with Crippen LogP contribution in [0.15, 0.2) is 36.5 Å². The van der Waals surface area contributed by atoms with Crippen LogP contribution in [0.3, 0.4) is 0 Å². The van der Waals surface area contributed by atoms with Crippen LogP contribution in [0.5, 0.6) is 0 Å². The van der Waals surface area contributed by atoms with Gasteiger partial charge in [-0.25, -0.2) is 0 Å². The number of hydrogen-bond acceptors (Lipinski definition) is 3. The van der Waals surface area contributed by atoms with Crippen molar-refractivity contribution >= 4 is 10.9 Å². The molecule has 1 unspecified atom stereocenters. The zero-order valence-corrected chi connectivity index (χ0v) is 10.8. The van der Waals surface area contributed by atoms with Crippen molar-refractivity contribution in [3.05, 3.63) is 42.1 Å². The maximum absolute atomic E-state index is 10.0. The second-order valence-electron chi connectivity index (χ2n) is 4.55. The van der Waals surface area contributed by atoms with Crippen LogP contribution in [-0.2, 0) is 6.42 Å². The van der Waals surface area contributed by atoms with Gasteiger partial charge < -0.3 is 10.4 Å². The first-order valence-electron chi connectivity index (χ1n) is 6.52. The molecule has 0 aliphatic rings. The van der Waals surface area contributed by atoms with E-state index in [0.29, 0.717) is 13.0 Å². The smallest absolute Gasteiger partial charge is 0.0705 e. The first kappa shape index (κ1) is 13.0. The van der Waals surface area contributed by atoms with Crippen molar-refractivity contribution in [3.8, 4) is 0 Å². The molecular weight excluding hydrogens is 224 g/mol. The number of nitrogens with one attached hydrogen (secondary N) is 1. The van der Waals surface area contributed by atoms with Crippen LogP contribution in [-0.4, -0.2) is 29.3 Å². The highest BCUT2D eigenvalue weighted by molar-refractivity contribution is 5.81. The van der Waals surface area contributed by atoms with Crippen molar-refractivity contribution in [2.45, 2.75) is 25.9 Å². The summed E-state index contributed by atoms with van der Waals surface area (Å²) in [5.41, 5.74) is 2.15. The van der Waals surface area contributed by atoms with Crippen LogP contribution in [0.25, 0.3) is 10.9 Å². The van der Waals surface area contributed by atoms with Crippen molar-refractivity contribution in [3.63, 3.8) is 0 Å². The molecule has 1 aromatic heterocycles. The Morgan fingerprint density at radius 1 is 1.28 bits per heavy atom. The number of pyridine rings is 1. The summed E-state index contributed by atoms with van der Waals surface area (Å²) in [5, 5.41) is 14.4. The monoisotopic (exact) mass is 244 g/mol. The normalized spacial score (nSPS) is 12.8. The third kappa shape index (κ3) is 3.28. The number of para-hydroxylation sites is 1. The molecule has 0 amide bonds. The second kappa shape index (κ2) is 6.47. The number of aliphatic hydroxyl groups is 1. The number of hydrogen-bond donors (Lipinski definition) is 2. The van der Waals surface area contributed by atoms with Gasteiger partial charge in [0.2, 0.25) is 0 Å². The molecule has 1 atom stereocenters. The van der Waals surface area contributed by atoms with Gasteiger partial charge in [-0.3, -0.25) is 4.98 Å². The summed E-state index contributed by atoms with van der Waals surface area (Å²) < 4.78 is 0. The summed E-state index contributed by atoms with van der Waals surface area (Å²) in [6, 6.07) is 10.0. The van der Waals surface area contributed by atoms with Gasteiger partial charge in [0.05, 0.1) is 11.6 Å². The number of aromatic nitrogens is 1. The molecule has 2 aromatic rings. The lowest BCUT2D eigenvalue weighted by molar-refractivity contribution is 0.172. The van der Waals surface area contributed by atoms with Crippen molar-refractivity contribution in [2.75, 3.05) is 13.1 Å². The first-order valence-corrected chi connectivity index (χ1v) is 6.52. The largest absolute Gasteiger partial charge is 0.391 e. The van der Waals surface area contributed by atoms with Crippen molar-refractivity contribution < 1.29 is 5.11 Å². The molecule has 18 heavy (non-hydrogen) atoms. The van der Waals surface area contributed by atoms with E-state index in [4.69, 9.17) is 0 Å². The predicted molar refractivity (Wildman–Crippen MR) is 74.6 cm³/mol. The number of fused-ring (bicyclic) bond motifs is 1. The molecule has 2 N–H and O–H groups in total. The minimum absolute atomic E-state index is 0.345. The average Bonchev–Trinajstić information content (AvgIpc) is 2.39. The Kier molecular flexibility index (Phi) is 4.67. The van der Waals surface area contributed by atoms with Gasteiger partial charge in [0.25, 0.3) is 0 Å². The summed E-state index contributed by atoms with van der Waals surface area (Å²) in [4.78, 5) is 4.33. The predicted octanol–water partition coefficient (Wildman–Crippen LogP) is 2.14. The van der Waals surface area contributed by atoms with E-state index in [9.17, 15) is 5.11 Å². The lowest BCUT2D eigenvalue weighted by Crippen LogP contribution is -2.28. The van der Waals surface area contributed by atoms with Crippen LogP contribution >= 0.6 is 0 Å². The highest BCUT2D eigenvalue weighted by atomic mass is 16.3. The second-order valence-corrected chi connectivity index (χ2v) is 4.55. The summed E-state index contributed by atoms with van der Waals surface area (Å²) in [6.45, 7) is 3.72. The lowest BCUT2D eigenvalue weighted by atomic mass is 10.0. The number of nitrogens with zero attached hydrogens (tertiary/aromatic N) is 1. The van der Waals surface area contributed by atoms with Crippen LogP contribution in [0.1, 0.15) is 18.9 Å². The van der Waals surface area contributed by atoms with E-state index < -0.39 is 0 Å². The molecule has 1 heterocycles. The molecule has 0 saturated heterocycles. The van der Waals surface area contributed by atoms with Crippen molar-refractivity contribution in [1.29, 1.82) is 0 Å². The minimum Gasteiger partial charge on any atom is -0.391 e. The maximum atomic E-state index is 10.0. The Morgan fingerprint density at radius 2 is 2.11 bits per heavy atom. The Morgan fingerprint density at radius 3 is 2.94 bits per heavy atom. The Hall–Kier alpha value is -1.45. The SMILES string of the molecule is CCCNCC(O)Cc1ccnc2ccccc12. The van der Waals surface area contributed by atoms with Gasteiger partial charge in [-0.15, -0.1) is 0 Å². The van der Waals surface area contributed by atoms with Gasteiger partial charge in [0.1, 0.15) is 0 Å². The minimum atomic E-state index is -0.345. The van der Waals surface area contributed by atoms with E-state index in [2.05, 4.69) is 23.3 Å². The van der Waals surface area contributed by atoms with Gasteiger partial charge in [0.15, 0.2) is 0 Å². The molecule has 0 bridgehead atoms. The molecule has 0 radical (unpaired) electrons. The standard InChI is InChI=1S/C15H20N2O/c1-2-8-16-11-13(18)10-12-7-9-17-15-6-4-3-5-14(12)15/h3-7,9,13,16,18H,2,8,10-11H2,1H3. The van der Waals surface area contributed by atoms with E-state index in [0.717, 1.165) is 29.4 Å². The van der Waals surface area contributed by atoms with E-state index in [1.54, 1.807) is 0 Å². The number of benzene rings is 1. The zero-order chi connectivity index (χ0) is 12.8. The Labute approximate surface area is 108 Å².